The molecule has 0 aromatic rings. The lowest BCUT2D eigenvalue weighted by molar-refractivity contribution is -0.126. The Morgan fingerprint density at radius 2 is 1.75 bits per heavy atom. The fourth-order valence-electron chi connectivity index (χ4n) is 1.00. The molecular formula is C12H26N2O2. The number of rotatable bonds is 5. The van der Waals surface area contributed by atoms with Crippen LogP contribution in [0.3, 0.4) is 0 Å². The van der Waals surface area contributed by atoms with E-state index in [0.29, 0.717) is 0 Å². The summed E-state index contributed by atoms with van der Waals surface area (Å²) >= 11 is 0. The molecule has 0 aliphatic rings. The van der Waals surface area contributed by atoms with E-state index in [0.717, 1.165) is 0 Å². The molecule has 0 rings (SSSR count). The standard InChI is InChI=1S/C12H26N2O2/c1-8(2)9(13)7-10(15)14-11(3,4)12(5,6)16/h8-9,16H,7,13H2,1-6H3,(H,14,15). The van der Waals surface area contributed by atoms with Crippen molar-refractivity contribution in [3.05, 3.63) is 0 Å². The smallest absolute Gasteiger partial charge is 0.222 e. The van der Waals surface area contributed by atoms with E-state index in [1.807, 2.05) is 13.8 Å². The summed E-state index contributed by atoms with van der Waals surface area (Å²) in [6.07, 6.45) is 0.289. The number of aliphatic hydroxyl groups is 1. The van der Waals surface area contributed by atoms with E-state index in [9.17, 15) is 9.90 Å². The van der Waals surface area contributed by atoms with E-state index >= 15 is 0 Å². The van der Waals surface area contributed by atoms with Gasteiger partial charge in [-0.15, -0.1) is 0 Å². The first-order chi connectivity index (χ1) is 6.97. The molecule has 0 bridgehead atoms. The van der Waals surface area contributed by atoms with E-state index in [2.05, 4.69) is 5.32 Å². The lowest BCUT2D eigenvalue weighted by Crippen LogP contribution is -2.58. The van der Waals surface area contributed by atoms with Crippen LogP contribution in [0.2, 0.25) is 0 Å². The van der Waals surface area contributed by atoms with Gasteiger partial charge in [0.15, 0.2) is 0 Å². The van der Waals surface area contributed by atoms with Crippen LogP contribution in [0.25, 0.3) is 0 Å². The van der Waals surface area contributed by atoms with Gasteiger partial charge in [-0.1, -0.05) is 13.8 Å². The fourth-order valence-corrected chi connectivity index (χ4v) is 1.00. The summed E-state index contributed by atoms with van der Waals surface area (Å²) in [6.45, 7) is 10.9. The Balaban J connectivity index is 4.36. The molecule has 16 heavy (non-hydrogen) atoms. The van der Waals surface area contributed by atoms with Crippen LogP contribution in [0, 0.1) is 5.92 Å². The molecule has 0 fully saturated rings. The molecule has 0 saturated heterocycles. The second kappa shape index (κ2) is 5.15. The lowest BCUT2D eigenvalue weighted by Gasteiger charge is -2.38. The summed E-state index contributed by atoms with van der Waals surface area (Å²) in [6, 6.07) is -0.141. The normalized spacial score (nSPS) is 15.1. The average Bonchev–Trinajstić information content (AvgIpc) is 1.99. The number of amides is 1. The van der Waals surface area contributed by atoms with Crippen molar-refractivity contribution in [2.24, 2.45) is 11.7 Å². The molecular weight excluding hydrogens is 204 g/mol. The Bertz CT molecular complexity index is 242. The Morgan fingerprint density at radius 1 is 1.31 bits per heavy atom. The maximum atomic E-state index is 11.7. The molecule has 1 unspecified atom stereocenters. The van der Waals surface area contributed by atoms with Gasteiger partial charge in [-0.3, -0.25) is 4.79 Å². The highest BCUT2D eigenvalue weighted by Gasteiger charge is 2.36. The topological polar surface area (TPSA) is 75.4 Å². The SMILES string of the molecule is CC(C)C(N)CC(=O)NC(C)(C)C(C)(C)O. The predicted octanol–water partition coefficient (Wildman–Crippen LogP) is 1.03. The van der Waals surface area contributed by atoms with E-state index in [1.165, 1.54) is 0 Å². The van der Waals surface area contributed by atoms with Crippen LogP contribution in [0.1, 0.15) is 48.0 Å². The molecule has 4 nitrogen and oxygen atoms in total. The summed E-state index contributed by atoms with van der Waals surface area (Å²) in [4.78, 5) is 11.7. The van der Waals surface area contributed by atoms with Crippen molar-refractivity contribution in [3.8, 4) is 0 Å². The van der Waals surface area contributed by atoms with Crippen LogP contribution >= 0.6 is 0 Å². The fraction of sp³-hybridized carbons (Fsp3) is 0.917. The molecule has 1 amide bonds. The highest BCUT2D eigenvalue weighted by atomic mass is 16.3. The molecule has 0 spiro atoms. The first-order valence-electron chi connectivity index (χ1n) is 5.76. The highest BCUT2D eigenvalue weighted by molar-refractivity contribution is 5.77. The summed E-state index contributed by atoms with van der Waals surface area (Å²) in [7, 11) is 0. The second-order valence-electron chi connectivity index (χ2n) is 5.84. The predicted molar refractivity (Wildman–Crippen MR) is 65.9 cm³/mol. The lowest BCUT2D eigenvalue weighted by atomic mass is 9.85. The number of nitrogens with two attached hydrogens (primary N) is 1. The molecule has 96 valence electrons. The van der Waals surface area contributed by atoms with Crippen LogP contribution in [0.5, 0.6) is 0 Å². The zero-order chi connectivity index (χ0) is 13.1. The number of nitrogens with one attached hydrogen (secondary N) is 1. The highest BCUT2D eigenvalue weighted by Crippen LogP contribution is 2.20. The van der Waals surface area contributed by atoms with Crippen molar-refractivity contribution in [1.29, 1.82) is 0 Å². The molecule has 0 aliphatic heterocycles. The number of carbonyl (C=O) groups is 1. The van der Waals surface area contributed by atoms with Crippen molar-refractivity contribution < 1.29 is 9.90 Å². The van der Waals surface area contributed by atoms with Crippen molar-refractivity contribution in [3.63, 3.8) is 0 Å². The van der Waals surface area contributed by atoms with Gasteiger partial charge in [0.1, 0.15) is 0 Å². The first kappa shape index (κ1) is 15.4. The molecule has 4 N–H and O–H groups in total. The van der Waals surface area contributed by atoms with E-state index in [4.69, 9.17) is 5.73 Å². The molecule has 0 aromatic heterocycles. The van der Waals surface area contributed by atoms with Crippen molar-refractivity contribution in [1.82, 2.24) is 5.32 Å². The molecule has 0 radical (unpaired) electrons. The third kappa shape index (κ3) is 4.49. The zero-order valence-corrected chi connectivity index (χ0v) is 11.3. The number of hydrogen-bond acceptors (Lipinski definition) is 3. The van der Waals surface area contributed by atoms with E-state index in [1.54, 1.807) is 27.7 Å². The minimum Gasteiger partial charge on any atom is -0.388 e. The molecule has 1 atom stereocenters. The summed E-state index contributed by atoms with van der Waals surface area (Å²) in [5.74, 6) is 0.157. The van der Waals surface area contributed by atoms with E-state index in [-0.39, 0.29) is 24.3 Å². The molecule has 0 aliphatic carbocycles. The maximum absolute atomic E-state index is 11.7. The van der Waals surface area contributed by atoms with Crippen molar-refractivity contribution in [2.75, 3.05) is 0 Å². The molecule has 0 aromatic carbocycles. The number of carbonyl (C=O) groups excluding carboxylic acids is 1. The van der Waals surface area contributed by atoms with Gasteiger partial charge in [-0.05, 0) is 33.6 Å². The van der Waals surface area contributed by atoms with E-state index < -0.39 is 11.1 Å². The van der Waals surface area contributed by atoms with Crippen molar-refractivity contribution in [2.45, 2.75) is 65.1 Å². The minimum absolute atomic E-state index is 0.117. The van der Waals surface area contributed by atoms with Gasteiger partial charge in [0.25, 0.3) is 0 Å². The van der Waals surface area contributed by atoms with Crippen LogP contribution in [-0.2, 0) is 4.79 Å². The van der Waals surface area contributed by atoms with Crippen LogP contribution < -0.4 is 11.1 Å². The molecule has 0 heterocycles. The van der Waals surface area contributed by atoms with Gasteiger partial charge in [0.2, 0.25) is 5.91 Å². The summed E-state index contributed by atoms with van der Waals surface area (Å²) in [5, 5.41) is 12.7. The van der Waals surface area contributed by atoms with Gasteiger partial charge in [0.05, 0.1) is 11.1 Å². The second-order valence-corrected chi connectivity index (χ2v) is 5.84. The van der Waals surface area contributed by atoms with Crippen LogP contribution in [0.15, 0.2) is 0 Å². The maximum Gasteiger partial charge on any atom is 0.222 e. The minimum atomic E-state index is -0.968. The summed E-state index contributed by atoms with van der Waals surface area (Å²) in [5.41, 5.74) is 4.19. The van der Waals surface area contributed by atoms with Gasteiger partial charge in [-0.2, -0.15) is 0 Å². The third-order valence-electron chi connectivity index (χ3n) is 3.26. The Morgan fingerprint density at radius 3 is 2.06 bits per heavy atom. The van der Waals surface area contributed by atoms with Gasteiger partial charge < -0.3 is 16.2 Å². The monoisotopic (exact) mass is 230 g/mol. The quantitative estimate of drug-likeness (QED) is 0.660. The Labute approximate surface area is 98.6 Å². The van der Waals surface area contributed by atoms with Crippen LogP contribution in [-0.4, -0.2) is 28.2 Å². The van der Waals surface area contributed by atoms with Gasteiger partial charge in [-0.25, -0.2) is 0 Å². The van der Waals surface area contributed by atoms with Crippen LogP contribution in [0.4, 0.5) is 0 Å². The Kier molecular flexibility index (Phi) is 4.95. The van der Waals surface area contributed by atoms with Crippen molar-refractivity contribution >= 4 is 5.91 Å². The average molecular weight is 230 g/mol. The third-order valence-corrected chi connectivity index (χ3v) is 3.26. The molecule has 4 heteroatoms. The first-order valence-corrected chi connectivity index (χ1v) is 5.76. The van der Waals surface area contributed by atoms with Gasteiger partial charge >= 0.3 is 0 Å². The Hall–Kier alpha value is -0.610. The zero-order valence-electron chi connectivity index (χ0n) is 11.3. The van der Waals surface area contributed by atoms with Gasteiger partial charge in [0, 0.05) is 12.5 Å². The summed E-state index contributed by atoms with van der Waals surface area (Å²) < 4.78 is 0. The number of hydrogen-bond donors (Lipinski definition) is 3. The largest absolute Gasteiger partial charge is 0.388 e. The molecule has 0 saturated carbocycles.